The number of benzene rings is 1. The second kappa shape index (κ2) is 7.25. The average molecular weight is 376 g/mol. The Hall–Kier alpha value is -2.12. The maximum atomic E-state index is 12.2. The fourth-order valence-corrected chi connectivity index (χ4v) is 4.12. The van der Waals surface area contributed by atoms with Crippen molar-refractivity contribution in [3.8, 4) is 0 Å². The third-order valence-electron chi connectivity index (χ3n) is 4.30. The number of thiophene rings is 1. The van der Waals surface area contributed by atoms with Crippen molar-refractivity contribution in [2.24, 2.45) is 0 Å². The monoisotopic (exact) mass is 376 g/mol. The maximum Gasteiger partial charge on any atom is 0.410 e. The van der Waals surface area contributed by atoms with Crippen molar-refractivity contribution in [1.82, 2.24) is 9.80 Å². The van der Waals surface area contributed by atoms with Gasteiger partial charge in [-0.25, -0.2) is 9.59 Å². The summed E-state index contributed by atoms with van der Waals surface area (Å²) in [7, 11) is 0. The van der Waals surface area contributed by atoms with Gasteiger partial charge in [0, 0.05) is 37.4 Å². The molecule has 2 heterocycles. The van der Waals surface area contributed by atoms with Gasteiger partial charge in [-0.15, -0.1) is 11.3 Å². The Balaban J connectivity index is 1.69. The maximum absolute atomic E-state index is 12.2. The lowest BCUT2D eigenvalue weighted by Gasteiger charge is -2.35. The van der Waals surface area contributed by atoms with E-state index < -0.39 is 11.6 Å². The quantitative estimate of drug-likeness (QED) is 0.885. The van der Waals surface area contributed by atoms with Crippen molar-refractivity contribution in [2.75, 3.05) is 26.2 Å². The molecule has 1 aromatic carbocycles. The first-order valence-electron chi connectivity index (χ1n) is 8.68. The number of amides is 1. The predicted molar refractivity (Wildman–Crippen MR) is 102 cm³/mol. The Kier molecular flexibility index (Phi) is 5.20. The van der Waals surface area contributed by atoms with E-state index in [1.807, 2.05) is 45.0 Å². The van der Waals surface area contributed by atoms with E-state index in [9.17, 15) is 14.7 Å². The highest BCUT2D eigenvalue weighted by atomic mass is 32.1. The number of ether oxygens (including phenoxy) is 1. The van der Waals surface area contributed by atoms with Gasteiger partial charge in [0.1, 0.15) is 10.5 Å². The van der Waals surface area contributed by atoms with E-state index >= 15 is 0 Å². The number of carboxylic acids is 1. The van der Waals surface area contributed by atoms with Gasteiger partial charge in [-0.3, -0.25) is 4.90 Å². The summed E-state index contributed by atoms with van der Waals surface area (Å²) in [6.07, 6.45) is -0.288. The molecule has 7 heteroatoms. The summed E-state index contributed by atoms with van der Waals surface area (Å²) in [5.41, 5.74) is 0.365. The van der Waals surface area contributed by atoms with Crippen molar-refractivity contribution in [1.29, 1.82) is 0 Å². The SMILES string of the molecule is CC(C)(C)OC(=O)N1CCN(Cc2c(C(=O)O)sc3ccccc23)CC1. The predicted octanol–water partition coefficient (Wildman–Crippen LogP) is 3.65. The van der Waals surface area contributed by atoms with E-state index in [2.05, 4.69) is 4.90 Å². The highest BCUT2D eigenvalue weighted by Gasteiger charge is 2.27. The number of fused-ring (bicyclic) bond motifs is 1. The third kappa shape index (κ3) is 4.16. The van der Waals surface area contributed by atoms with Crippen LogP contribution in [0.4, 0.5) is 4.79 Å². The number of piperazine rings is 1. The molecule has 0 unspecified atom stereocenters. The Morgan fingerprint density at radius 1 is 1.15 bits per heavy atom. The lowest BCUT2D eigenvalue weighted by Crippen LogP contribution is -2.49. The molecule has 1 N–H and O–H groups in total. The van der Waals surface area contributed by atoms with Gasteiger partial charge in [-0.1, -0.05) is 18.2 Å². The molecule has 1 fully saturated rings. The number of aromatic carboxylic acids is 1. The zero-order chi connectivity index (χ0) is 18.9. The van der Waals surface area contributed by atoms with Gasteiger partial charge in [0.2, 0.25) is 0 Å². The molecule has 1 aliphatic heterocycles. The standard InChI is InChI=1S/C19H24N2O4S/c1-19(2,3)25-18(24)21-10-8-20(9-11-21)12-14-13-6-4-5-7-15(13)26-16(14)17(22)23/h4-7H,8-12H2,1-3H3,(H,22,23). The van der Waals surface area contributed by atoms with E-state index in [1.54, 1.807) is 4.90 Å². The van der Waals surface area contributed by atoms with Gasteiger partial charge in [0.05, 0.1) is 0 Å². The van der Waals surface area contributed by atoms with Crippen LogP contribution in [0.1, 0.15) is 36.0 Å². The second-order valence-electron chi connectivity index (χ2n) is 7.45. The minimum atomic E-state index is -0.881. The van der Waals surface area contributed by atoms with Crippen LogP contribution >= 0.6 is 11.3 Å². The molecule has 1 saturated heterocycles. The minimum Gasteiger partial charge on any atom is -0.477 e. The molecule has 0 bridgehead atoms. The first-order chi connectivity index (χ1) is 12.2. The van der Waals surface area contributed by atoms with Gasteiger partial charge in [-0.2, -0.15) is 0 Å². The first-order valence-corrected chi connectivity index (χ1v) is 9.50. The Morgan fingerprint density at radius 3 is 2.42 bits per heavy atom. The minimum absolute atomic E-state index is 0.288. The Bertz CT molecular complexity index is 817. The zero-order valence-corrected chi connectivity index (χ0v) is 16.1. The number of rotatable bonds is 3. The van der Waals surface area contributed by atoms with Gasteiger partial charge in [0.15, 0.2) is 0 Å². The summed E-state index contributed by atoms with van der Waals surface area (Å²) >= 11 is 1.32. The fraction of sp³-hybridized carbons (Fsp3) is 0.474. The van der Waals surface area contributed by atoms with Gasteiger partial charge in [0.25, 0.3) is 0 Å². The zero-order valence-electron chi connectivity index (χ0n) is 15.3. The van der Waals surface area contributed by atoms with Crippen LogP contribution in [-0.4, -0.2) is 58.7 Å². The summed E-state index contributed by atoms with van der Waals surface area (Å²) in [5, 5.41) is 10.5. The summed E-state index contributed by atoms with van der Waals surface area (Å²) in [5.74, 6) is -0.881. The van der Waals surface area contributed by atoms with E-state index in [-0.39, 0.29) is 6.09 Å². The van der Waals surface area contributed by atoms with Gasteiger partial charge < -0.3 is 14.7 Å². The molecule has 3 rings (SSSR count). The molecule has 140 valence electrons. The normalized spacial score (nSPS) is 16.0. The number of hydrogen-bond donors (Lipinski definition) is 1. The lowest BCUT2D eigenvalue weighted by atomic mass is 10.1. The molecule has 0 atom stereocenters. The molecule has 6 nitrogen and oxygen atoms in total. The summed E-state index contributed by atoms with van der Waals surface area (Å²) < 4.78 is 6.41. The molecule has 2 aromatic rings. The molecule has 0 saturated carbocycles. The third-order valence-corrected chi connectivity index (χ3v) is 5.50. The Morgan fingerprint density at radius 2 is 1.81 bits per heavy atom. The second-order valence-corrected chi connectivity index (χ2v) is 8.51. The first kappa shape index (κ1) is 18.7. The fourth-order valence-electron chi connectivity index (χ4n) is 3.07. The lowest BCUT2D eigenvalue weighted by molar-refractivity contribution is 0.0139. The summed E-state index contributed by atoms with van der Waals surface area (Å²) in [6, 6.07) is 7.79. The van der Waals surface area contributed by atoms with Crippen LogP contribution in [0.5, 0.6) is 0 Å². The molecule has 26 heavy (non-hydrogen) atoms. The number of carbonyl (C=O) groups excluding carboxylic acids is 1. The van der Waals surface area contributed by atoms with Gasteiger partial charge in [-0.05, 0) is 37.8 Å². The van der Waals surface area contributed by atoms with Crippen LogP contribution in [0.25, 0.3) is 10.1 Å². The van der Waals surface area contributed by atoms with Crippen LogP contribution in [0.15, 0.2) is 24.3 Å². The van der Waals surface area contributed by atoms with Crippen LogP contribution in [0.3, 0.4) is 0 Å². The van der Waals surface area contributed by atoms with Gasteiger partial charge >= 0.3 is 12.1 Å². The highest BCUT2D eigenvalue weighted by molar-refractivity contribution is 7.21. The van der Waals surface area contributed by atoms with Crippen LogP contribution in [0, 0.1) is 0 Å². The van der Waals surface area contributed by atoms with E-state index in [4.69, 9.17) is 4.74 Å². The smallest absolute Gasteiger partial charge is 0.410 e. The van der Waals surface area contributed by atoms with Crippen LogP contribution < -0.4 is 0 Å². The van der Waals surface area contributed by atoms with Crippen molar-refractivity contribution >= 4 is 33.5 Å². The number of carboxylic acid groups (broad SMARTS) is 1. The molecular formula is C19H24N2O4S. The molecule has 0 spiro atoms. The number of hydrogen-bond acceptors (Lipinski definition) is 5. The Labute approximate surface area is 157 Å². The van der Waals surface area contributed by atoms with Crippen LogP contribution in [0.2, 0.25) is 0 Å². The van der Waals surface area contributed by atoms with Crippen LogP contribution in [-0.2, 0) is 11.3 Å². The molecular weight excluding hydrogens is 352 g/mol. The molecule has 1 aromatic heterocycles. The van der Waals surface area contributed by atoms with Crippen molar-refractivity contribution in [2.45, 2.75) is 32.9 Å². The summed E-state index contributed by atoms with van der Waals surface area (Å²) in [6.45, 7) is 8.71. The molecule has 1 aliphatic rings. The van der Waals surface area contributed by atoms with E-state index in [1.165, 1.54) is 11.3 Å². The number of carbonyl (C=O) groups is 2. The van der Waals surface area contributed by atoms with Crippen molar-refractivity contribution < 1.29 is 19.4 Å². The largest absolute Gasteiger partial charge is 0.477 e. The molecule has 1 amide bonds. The average Bonchev–Trinajstić information content (AvgIpc) is 2.93. The highest BCUT2D eigenvalue weighted by Crippen LogP contribution is 2.32. The number of nitrogens with zero attached hydrogens (tertiary/aromatic N) is 2. The molecule has 0 radical (unpaired) electrons. The molecule has 0 aliphatic carbocycles. The van der Waals surface area contributed by atoms with Crippen molar-refractivity contribution in [3.63, 3.8) is 0 Å². The topological polar surface area (TPSA) is 70.1 Å². The van der Waals surface area contributed by atoms with E-state index in [0.717, 1.165) is 15.6 Å². The van der Waals surface area contributed by atoms with Crippen molar-refractivity contribution in [3.05, 3.63) is 34.7 Å². The van der Waals surface area contributed by atoms with E-state index in [0.29, 0.717) is 37.6 Å². The summed E-state index contributed by atoms with van der Waals surface area (Å²) in [4.78, 5) is 28.1.